The summed E-state index contributed by atoms with van der Waals surface area (Å²) in [5, 5.41) is 7.79. The van der Waals surface area contributed by atoms with Gasteiger partial charge in [0.2, 0.25) is 0 Å². The predicted octanol–water partition coefficient (Wildman–Crippen LogP) is 2.12. The van der Waals surface area contributed by atoms with Gasteiger partial charge < -0.3 is 5.11 Å². The number of hydrogen-bond acceptors (Lipinski definition) is 2. The third-order valence-corrected chi connectivity index (χ3v) is 0.937. The van der Waals surface area contributed by atoms with Crippen LogP contribution in [0.2, 0.25) is 0 Å². The SMILES string of the molecule is O=C(/C(=C/O)C(F)(F)F)C(F)(F)F. The van der Waals surface area contributed by atoms with Gasteiger partial charge in [0.25, 0.3) is 5.78 Å². The lowest BCUT2D eigenvalue weighted by Gasteiger charge is -2.10. The Kier molecular flexibility index (Phi) is 2.96. The number of aliphatic hydroxyl groups excluding tert-OH is 1. The van der Waals surface area contributed by atoms with Gasteiger partial charge in [0, 0.05) is 0 Å². The summed E-state index contributed by atoms with van der Waals surface area (Å²) in [5.74, 6) is -3.12. The molecule has 0 aromatic rings. The highest BCUT2D eigenvalue weighted by atomic mass is 19.4. The number of ketones is 1. The third kappa shape index (κ3) is 2.96. The fraction of sp³-hybridized carbons (Fsp3) is 0.400. The Hall–Kier alpha value is -1.21. The number of hydrogen-bond donors (Lipinski definition) is 1. The van der Waals surface area contributed by atoms with E-state index in [1.54, 1.807) is 0 Å². The monoisotopic (exact) mass is 208 g/mol. The maximum Gasteiger partial charge on any atom is 0.455 e. The van der Waals surface area contributed by atoms with Gasteiger partial charge in [0.15, 0.2) is 0 Å². The number of halogens is 6. The minimum atomic E-state index is -5.65. The third-order valence-electron chi connectivity index (χ3n) is 0.937. The first-order chi connectivity index (χ1) is 5.60. The van der Waals surface area contributed by atoms with E-state index in [0.29, 0.717) is 0 Å². The van der Waals surface area contributed by atoms with Gasteiger partial charge in [-0.1, -0.05) is 0 Å². The Morgan fingerprint density at radius 1 is 1.00 bits per heavy atom. The molecule has 0 aliphatic carbocycles. The molecule has 0 saturated heterocycles. The molecule has 0 aliphatic rings. The molecule has 2 nitrogen and oxygen atoms in total. The zero-order chi connectivity index (χ0) is 10.9. The Morgan fingerprint density at radius 2 is 1.38 bits per heavy atom. The van der Waals surface area contributed by atoms with Crippen LogP contribution in [0.15, 0.2) is 11.8 Å². The highest BCUT2D eigenvalue weighted by Gasteiger charge is 2.50. The van der Waals surface area contributed by atoms with Crippen molar-refractivity contribution in [3.05, 3.63) is 11.8 Å². The van der Waals surface area contributed by atoms with Gasteiger partial charge in [0.1, 0.15) is 5.57 Å². The van der Waals surface area contributed by atoms with E-state index in [0.717, 1.165) is 0 Å². The van der Waals surface area contributed by atoms with Crippen molar-refractivity contribution >= 4 is 5.78 Å². The highest BCUT2D eigenvalue weighted by molar-refractivity contribution is 6.00. The molecule has 1 N–H and O–H groups in total. The second kappa shape index (κ2) is 3.27. The van der Waals surface area contributed by atoms with E-state index in [-0.39, 0.29) is 0 Å². The smallest absolute Gasteiger partial charge is 0.455 e. The van der Waals surface area contributed by atoms with Gasteiger partial charge >= 0.3 is 12.4 Å². The van der Waals surface area contributed by atoms with Crippen LogP contribution in [0.4, 0.5) is 26.3 Å². The Bertz CT molecular complexity index is 234. The van der Waals surface area contributed by atoms with Gasteiger partial charge in [0.05, 0.1) is 6.26 Å². The van der Waals surface area contributed by atoms with Gasteiger partial charge in [-0.15, -0.1) is 0 Å². The molecule has 0 atom stereocenters. The van der Waals surface area contributed by atoms with Crippen LogP contribution in [-0.4, -0.2) is 23.2 Å². The predicted molar refractivity (Wildman–Crippen MR) is 27.8 cm³/mol. The van der Waals surface area contributed by atoms with E-state index in [9.17, 15) is 31.1 Å². The molecule has 0 amide bonds. The minimum absolute atomic E-state index is 0.907. The maximum atomic E-state index is 11.6. The quantitative estimate of drug-likeness (QED) is 0.407. The number of allylic oxidation sites excluding steroid dienone is 1. The Morgan fingerprint density at radius 3 is 1.46 bits per heavy atom. The van der Waals surface area contributed by atoms with Crippen molar-refractivity contribution in [1.82, 2.24) is 0 Å². The summed E-state index contributed by atoms with van der Waals surface area (Å²) < 4.78 is 68.9. The van der Waals surface area contributed by atoms with Crippen LogP contribution in [0.5, 0.6) is 0 Å². The number of carbonyl (C=O) groups is 1. The molecule has 8 heteroatoms. The molecule has 13 heavy (non-hydrogen) atoms. The summed E-state index contributed by atoms with van der Waals surface area (Å²) in [7, 11) is 0. The molecule has 0 fully saturated rings. The standard InChI is InChI=1S/C5H2F6O2/c6-4(7,8)2(1-12)3(13)5(9,10)11/h1,12H/b2-1-. The van der Waals surface area contributed by atoms with Crippen molar-refractivity contribution in [3.63, 3.8) is 0 Å². The van der Waals surface area contributed by atoms with Gasteiger partial charge in [-0.2, -0.15) is 26.3 Å². The molecular weight excluding hydrogens is 206 g/mol. The molecule has 0 aliphatic heterocycles. The molecule has 0 unspecified atom stereocenters. The van der Waals surface area contributed by atoms with E-state index in [4.69, 9.17) is 5.11 Å². The van der Waals surface area contributed by atoms with Gasteiger partial charge in [-0.25, -0.2) is 0 Å². The van der Waals surface area contributed by atoms with Crippen molar-refractivity contribution in [2.45, 2.75) is 12.4 Å². The van der Waals surface area contributed by atoms with Crippen LogP contribution in [0.3, 0.4) is 0 Å². The largest absolute Gasteiger partial charge is 0.515 e. The van der Waals surface area contributed by atoms with Crippen LogP contribution in [-0.2, 0) is 4.79 Å². The normalized spacial score (nSPS) is 14.5. The molecule has 0 spiro atoms. The number of rotatable bonds is 1. The molecule has 0 aromatic carbocycles. The lowest BCUT2D eigenvalue weighted by atomic mass is 10.2. The molecule has 76 valence electrons. The highest BCUT2D eigenvalue weighted by Crippen LogP contribution is 2.31. The average molecular weight is 208 g/mol. The van der Waals surface area contributed by atoms with Crippen molar-refractivity contribution < 1.29 is 36.2 Å². The van der Waals surface area contributed by atoms with Gasteiger partial charge in [-0.05, 0) is 0 Å². The minimum Gasteiger partial charge on any atom is -0.515 e. The zero-order valence-electron chi connectivity index (χ0n) is 5.70. The molecule has 0 bridgehead atoms. The topological polar surface area (TPSA) is 37.3 Å². The first-order valence-electron chi connectivity index (χ1n) is 2.63. The van der Waals surface area contributed by atoms with E-state index in [1.165, 1.54) is 0 Å². The maximum absolute atomic E-state index is 11.6. The average Bonchev–Trinajstić information content (AvgIpc) is 1.83. The van der Waals surface area contributed by atoms with E-state index in [1.807, 2.05) is 0 Å². The van der Waals surface area contributed by atoms with E-state index in [2.05, 4.69) is 0 Å². The summed E-state index contributed by atoms with van der Waals surface area (Å²) in [4.78, 5) is 9.97. The summed E-state index contributed by atoms with van der Waals surface area (Å²) in [6.45, 7) is 0. The molecule has 0 rings (SSSR count). The first kappa shape index (κ1) is 11.8. The summed E-state index contributed by atoms with van der Waals surface area (Å²) >= 11 is 0. The van der Waals surface area contributed by atoms with Crippen molar-refractivity contribution in [2.75, 3.05) is 0 Å². The fourth-order valence-corrected chi connectivity index (χ4v) is 0.413. The number of alkyl halides is 6. The van der Waals surface area contributed by atoms with Crippen LogP contribution in [0.25, 0.3) is 0 Å². The number of carbonyl (C=O) groups excluding carboxylic acids is 1. The summed E-state index contributed by atoms with van der Waals surface area (Å²) in [6.07, 6.45) is -12.1. The zero-order valence-corrected chi connectivity index (χ0v) is 5.70. The fourth-order valence-electron chi connectivity index (χ4n) is 0.413. The first-order valence-corrected chi connectivity index (χ1v) is 2.63. The van der Waals surface area contributed by atoms with E-state index >= 15 is 0 Å². The lowest BCUT2D eigenvalue weighted by Crippen LogP contribution is -2.31. The van der Waals surface area contributed by atoms with Crippen molar-refractivity contribution in [2.24, 2.45) is 0 Å². The molecule has 0 saturated carbocycles. The molecule has 0 heterocycles. The van der Waals surface area contributed by atoms with Gasteiger partial charge in [-0.3, -0.25) is 4.79 Å². The lowest BCUT2D eigenvalue weighted by molar-refractivity contribution is -0.175. The molecular formula is C5H2F6O2. The van der Waals surface area contributed by atoms with Crippen molar-refractivity contribution in [3.8, 4) is 0 Å². The Balaban J connectivity index is 4.97. The number of Topliss-reactive ketones (excluding diaryl/α,β-unsaturated/α-hetero) is 1. The molecule has 0 radical (unpaired) electrons. The second-order valence-corrected chi connectivity index (χ2v) is 1.87. The van der Waals surface area contributed by atoms with Crippen LogP contribution in [0.1, 0.15) is 0 Å². The van der Waals surface area contributed by atoms with Crippen LogP contribution >= 0.6 is 0 Å². The molecule has 0 aromatic heterocycles. The van der Waals surface area contributed by atoms with Crippen LogP contribution in [0, 0.1) is 0 Å². The Labute approximate surface area is 67.5 Å². The van der Waals surface area contributed by atoms with E-state index < -0.39 is 30.0 Å². The van der Waals surface area contributed by atoms with Crippen molar-refractivity contribution in [1.29, 1.82) is 0 Å². The number of aliphatic hydroxyl groups is 1. The second-order valence-electron chi connectivity index (χ2n) is 1.87. The summed E-state index contributed by atoms with van der Waals surface area (Å²) in [6, 6.07) is 0. The summed E-state index contributed by atoms with van der Waals surface area (Å²) in [5.41, 5.74) is -2.64. The van der Waals surface area contributed by atoms with Crippen LogP contribution < -0.4 is 0 Å².